The molecule has 0 spiro atoms. The van der Waals surface area contributed by atoms with Gasteiger partial charge >= 0.3 is 5.69 Å². The zero-order valence-electron chi connectivity index (χ0n) is 15.6. The van der Waals surface area contributed by atoms with Crippen molar-refractivity contribution in [3.63, 3.8) is 0 Å². The molecule has 0 saturated carbocycles. The number of carbonyl (C=O) groups excluding carboxylic acids is 1. The smallest absolute Gasteiger partial charge is 0.326 e. The lowest BCUT2D eigenvalue weighted by atomic mass is 10.1. The minimum atomic E-state index is -0.218. The molecule has 1 aliphatic rings. The lowest BCUT2D eigenvalue weighted by Crippen LogP contribution is -2.42. The average molecular weight is 446 g/mol. The summed E-state index contributed by atoms with van der Waals surface area (Å²) in [6.07, 6.45) is -0.212. The third-order valence-electron chi connectivity index (χ3n) is 5.01. The van der Waals surface area contributed by atoms with Crippen LogP contribution >= 0.6 is 15.9 Å². The van der Waals surface area contributed by atoms with Gasteiger partial charge in [0.2, 0.25) is 0 Å². The molecule has 4 rings (SSSR count). The maximum Gasteiger partial charge on any atom is 0.326 e. The summed E-state index contributed by atoms with van der Waals surface area (Å²) in [6.45, 7) is 1.42. The number of benzene rings is 2. The number of imidazole rings is 1. The third kappa shape index (κ3) is 3.33. The molecule has 1 unspecified atom stereocenters. The van der Waals surface area contributed by atoms with Gasteiger partial charge in [-0.25, -0.2) is 4.79 Å². The second-order valence-electron chi connectivity index (χ2n) is 6.73. The van der Waals surface area contributed by atoms with Gasteiger partial charge in [0.05, 0.1) is 31.3 Å². The minimum absolute atomic E-state index is 0.0940. The fraction of sp³-hybridized carbons (Fsp3) is 0.300. The van der Waals surface area contributed by atoms with Crippen LogP contribution in [0.1, 0.15) is 22.0 Å². The predicted molar refractivity (Wildman–Crippen MR) is 109 cm³/mol. The van der Waals surface area contributed by atoms with Crippen LogP contribution in [0.25, 0.3) is 11.0 Å². The van der Waals surface area contributed by atoms with Gasteiger partial charge in [0.1, 0.15) is 11.9 Å². The molecule has 1 aliphatic heterocycles. The van der Waals surface area contributed by atoms with Gasteiger partial charge in [0, 0.05) is 23.6 Å². The number of hydrogen-bond acceptors (Lipinski definition) is 4. The second kappa shape index (κ2) is 7.44. The first-order chi connectivity index (χ1) is 13.5. The molecule has 1 N–H and O–H groups in total. The molecular formula is C20H20BrN3O4. The summed E-state index contributed by atoms with van der Waals surface area (Å²) in [7, 11) is 3.31. The predicted octanol–water partition coefficient (Wildman–Crippen LogP) is 2.85. The van der Waals surface area contributed by atoms with E-state index in [1.54, 1.807) is 31.2 Å². The van der Waals surface area contributed by atoms with E-state index in [4.69, 9.17) is 9.47 Å². The molecule has 2 heterocycles. The van der Waals surface area contributed by atoms with Gasteiger partial charge in [0.15, 0.2) is 0 Å². The molecule has 7 nitrogen and oxygen atoms in total. The number of aromatic amines is 1. The van der Waals surface area contributed by atoms with Crippen LogP contribution in [0.15, 0.2) is 45.7 Å². The summed E-state index contributed by atoms with van der Waals surface area (Å²) in [5, 5.41) is 0. The summed E-state index contributed by atoms with van der Waals surface area (Å²) in [4.78, 5) is 29.6. The van der Waals surface area contributed by atoms with E-state index < -0.39 is 0 Å². The van der Waals surface area contributed by atoms with Gasteiger partial charge in [-0.3, -0.25) is 9.36 Å². The van der Waals surface area contributed by atoms with Crippen LogP contribution in [-0.2, 0) is 11.8 Å². The van der Waals surface area contributed by atoms with Crippen LogP contribution in [0.5, 0.6) is 5.75 Å². The Balaban J connectivity index is 1.61. The summed E-state index contributed by atoms with van der Waals surface area (Å²) in [6, 6.07) is 11.2. The lowest BCUT2D eigenvalue weighted by molar-refractivity contribution is -0.0228. The Bertz CT molecular complexity index is 1100. The van der Waals surface area contributed by atoms with Crippen molar-refractivity contribution in [2.24, 2.45) is 7.05 Å². The Morgan fingerprint density at radius 3 is 2.93 bits per heavy atom. The molecule has 0 radical (unpaired) electrons. The highest BCUT2D eigenvalue weighted by atomic mass is 79.9. The summed E-state index contributed by atoms with van der Waals surface area (Å²) in [5.41, 5.74) is 2.64. The molecule has 1 aromatic heterocycles. The van der Waals surface area contributed by atoms with E-state index >= 15 is 0 Å². The summed E-state index contributed by atoms with van der Waals surface area (Å²) >= 11 is 3.48. The minimum Gasteiger partial charge on any atom is -0.497 e. The second-order valence-corrected chi connectivity index (χ2v) is 7.58. The van der Waals surface area contributed by atoms with Gasteiger partial charge in [-0.1, -0.05) is 12.1 Å². The van der Waals surface area contributed by atoms with Crippen LogP contribution in [0.2, 0.25) is 0 Å². The highest BCUT2D eigenvalue weighted by Crippen LogP contribution is 2.28. The number of amides is 1. The van der Waals surface area contributed by atoms with Crippen molar-refractivity contribution in [2.45, 2.75) is 6.10 Å². The topological polar surface area (TPSA) is 76.6 Å². The molecule has 146 valence electrons. The normalized spacial score (nSPS) is 17.1. The zero-order valence-corrected chi connectivity index (χ0v) is 17.2. The molecule has 3 aromatic rings. The number of rotatable bonds is 3. The first kappa shape index (κ1) is 18.8. The van der Waals surface area contributed by atoms with Crippen LogP contribution in [-0.4, -0.2) is 47.2 Å². The number of H-pyrrole nitrogens is 1. The Kier molecular flexibility index (Phi) is 4.99. The SMILES string of the molecule is COc1cccc(C2CN(C(=O)c3cc(Br)c4c(c3)[nH]c(=O)n4C)CCO2)c1. The van der Waals surface area contributed by atoms with Crippen molar-refractivity contribution in [1.82, 2.24) is 14.5 Å². The number of hydrogen-bond donors (Lipinski definition) is 1. The van der Waals surface area contributed by atoms with Gasteiger partial charge in [-0.05, 0) is 45.8 Å². The van der Waals surface area contributed by atoms with E-state index in [1.165, 1.54) is 4.57 Å². The number of carbonyl (C=O) groups is 1. The molecule has 1 saturated heterocycles. The number of ether oxygens (including phenoxy) is 2. The van der Waals surface area contributed by atoms with Gasteiger partial charge < -0.3 is 19.4 Å². The Morgan fingerprint density at radius 2 is 2.14 bits per heavy atom. The number of nitrogens with zero attached hydrogens (tertiary/aromatic N) is 2. The van der Waals surface area contributed by atoms with Crippen molar-refractivity contribution in [2.75, 3.05) is 26.8 Å². The highest BCUT2D eigenvalue weighted by molar-refractivity contribution is 9.10. The Hall–Kier alpha value is -2.58. The summed E-state index contributed by atoms with van der Waals surface area (Å²) in [5.74, 6) is 0.662. The molecule has 8 heteroatoms. The standard InChI is InChI=1S/C20H20BrN3O4/c1-23-18-15(21)9-13(10-16(18)22-20(23)26)19(25)24-6-7-28-17(11-24)12-4-3-5-14(8-12)27-2/h3-5,8-10,17H,6-7,11H2,1-2H3,(H,22,26). The number of fused-ring (bicyclic) bond motifs is 1. The van der Waals surface area contributed by atoms with Crippen molar-refractivity contribution >= 4 is 32.9 Å². The number of methoxy groups -OCH3 is 1. The van der Waals surface area contributed by atoms with Gasteiger partial charge in [0.25, 0.3) is 5.91 Å². The van der Waals surface area contributed by atoms with Gasteiger partial charge in [-0.15, -0.1) is 0 Å². The van der Waals surface area contributed by atoms with Crippen molar-refractivity contribution < 1.29 is 14.3 Å². The first-order valence-electron chi connectivity index (χ1n) is 8.91. The molecule has 2 aromatic carbocycles. The number of morpholine rings is 1. The fourth-order valence-electron chi connectivity index (χ4n) is 3.52. The number of aryl methyl sites for hydroxylation is 1. The average Bonchev–Trinajstić information content (AvgIpc) is 3.01. The number of nitrogens with one attached hydrogen (secondary N) is 1. The van der Waals surface area contributed by atoms with E-state index in [-0.39, 0.29) is 17.7 Å². The van der Waals surface area contributed by atoms with E-state index in [2.05, 4.69) is 20.9 Å². The first-order valence-corrected chi connectivity index (χ1v) is 9.70. The van der Waals surface area contributed by atoms with Crippen molar-refractivity contribution in [3.05, 3.63) is 62.5 Å². The maximum absolute atomic E-state index is 13.1. The van der Waals surface area contributed by atoms with Crippen LogP contribution in [0.3, 0.4) is 0 Å². The Labute approximate surface area is 170 Å². The highest BCUT2D eigenvalue weighted by Gasteiger charge is 2.27. The molecule has 0 bridgehead atoms. The number of aromatic nitrogens is 2. The molecule has 28 heavy (non-hydrogen) atoms. The van der Waals surface area contributed by atoms with Crippen LogP contribution in [0.4, 0.5) is 0 Å². The maximum atomic E-state index is 13.1. The molecule has 1 amide bonds. The largest absolute Gasteiger partial charge is 0.497 e. The van der Waals surface area contributed by atoms with Crippen molar-refractivity contribution in [3.8, 4) is 5.75 Å². The molecule has 1 atom stereocenters. The monoisotopic (exact) mass is 445 g/mol. The van der Waals surface area contributed by atoms with E-state index in [0.29, 0.717) is 35.2 Å². The fourth-order valence-corrected chi connectivity index (χ4v) is 4.25. The van der Waals surface area contributed by atoms with Gasteiger partial charge in [-0.2, -0.15) is 0 Å². The quantitative estimate of drug-likeness (QED) is 0.672. The van der Waals surface area contributed by atoms with Crippen molar-refractivity contribution in [1.29, 1.82) is 0 Å². The summed E-state index contributed by atoms with van der Waals surface area (Å²) < 4.78 is 13.4. The zero-order chi connectivity index (χ0) is 19.8. The van der Waals surface area contributed by atoms with E-state index in [9.17, 15) is 9.59 Å². The Morgan fingerprint density at radius 1 is 1.32 bits per heavy atom. The molecule has 0 aliphatic carbocycles. The van der Waals surface area contributed by atoms with E-state index in [0.717, 1.165) is 16.8 Å². The third-order valence-corrected chi connectivity index (χ3v) is 5.62. The lowest BCUT2D eigenvalue weighted by Gasteiger charge is -2.33. The van der Waals surface area contributed by atoms with Crippen LogP contribution in [0, 0.1) is 0 Å². The molecular weight excluding hydrogens is 426 g/mol. The number of halogens is 1. The molecule has 1 fully saturated rings. The van der Waals surface area contributed by atoms with Crippen LogP contribution < -0.4 is 10.4 Å². The van der Waals surface area contributed by atoms with E-state index in [1.807, 2.05) is 24.3 Å².